The molecule has 0 saturated heterocycles. The molecule has 16 heavy (non-hydrogen) atoms. The molecule has 0 aliphatic rings. The van der Waals surface area contributed by atoms with Crippen molar-refractivity contribution in [1.82, 2.24) is 4.98 Å². The molecule has 0 aliphatic heterocycles. The number of H-pyrrole nitrogens is 1. The van der Waals surface area contributed by atoms with Crippen molar-refractivity contribution in [2.75, 3.05) is 7.11 Å². The minimum atomic E-state index is -0.438. The molecule has 82 valence electrons. The molecule has 1 aromatic carbocycles. The Kier molecular flexibility index (Phi) is 2.78. The number of aromatic nitrogens is 1. The van der Waals surface area contributed by atoms with E-state index in [9.17, 15) is 9.59 Å². The number of carbonyl (C=O) groups excluding carboxylic acids is 1. The minimum absolute atomic E-state index is 0.207. The zero-order valence-corrected chi connectivity index (χ0v) is 10.00. The number of hydrogen-bond acceptors (Lipinski definition) is 3. The first kappa shape index (κ1) is 10.9. The van der Waals surface area contributed by atoms with Gasteiger partial charge in [0.15, 0.2) is 0 Å². The minimum Gasteiger partial charge on any atom is -0.465 e. The zero-order chi connectivity index (χ0) is 11.7. The molecule has 1 heterocycles. The highest BCUT2D eigenvalue weighted by atomic mass is 79.9. The molecular weight excluding hydrogens is 274 g/mol. The Bertz CT molecular complexity index is 618. The standard InChI is InChI=1S/C11H8BrNO3/c1-16-11(15)6-4-8(12)7-2-3-10(14)13-9(7)5-6/h2-5H,1H3,(H,13,14). The summed E-state index contributed by atoms with van der Waals surface area (Å²) in [5.74, 6) is -0.438. The summed E-state index contributed by atoms with van der Waals surface area (Å²) in [5, 5.41) is 0.840. The summed E-state index contributed by atoms with van der Waals surface area (Å²) < 4.78 is 5.36. The van der Waals surface area contributed by atoms with Gasteiger partial charge in [0.2, 0.25) is 5.56 Å². The number of rotatable bonds is 1. The van der Waals surface area contributed by atoms with Gasteiger partial charge in [0.25, 0.3) is 0 Å². The number of carbonyl (C=O) groups is 1. The third-order valence-electron chi connectivity index (χ3n) is 2.21. The maximum atomic E-state index is 11.4. The molecule has 1 aromatic heterocycles. The molecule has 2 aromatic rings. The fraction of sp³-hybridized carbons (Fsp3) is 0.0909. The Morgan fingerprint density at radius 1 is 1.38 bits per heavy atom. The van der Waals surface area contributed by atoms with Crippen LogP contribution in [0.4, 0.5) is 0 Å². The van der Waals surface area contributed by atoms with Gasteiger partial charge in [-0.15, -0.1) is 0 Å². The largest absolute Gasteiger partial charge is 0.465 e. The van der Waals surface area contributed by atoms with Crippen LogP contribution >= 0.6 is 15.9 Å². The van der Waals surface area contributed by atoms with E-state index in [1.807, 2.05) is 0 Å². The van der Waals surface area contributed by atoms with Crippen molar-refractivity contribution in [2.24, 2.45) is 0 Å². The average molecular weight is 282 g/mol. The third-order valence-corrected chi connectivity index (χ3v) is 2.87. The predicted molar refractivity (Wildman–Crippen MR) is 63.6 cm³/mol. The molecule has 0 aliphatic carbocycles. The second-order valence-electron chi connectivity index (χ2n) is 3.23. The lowest BCUT2D eigenvalue weighted by Crippen LogP contribution is -2.05. The second kappa shape index (κ2) is 4.09. The van der Waals surface area contributed by atoms with E-state index in [1.54, 1.807) is 18.2 Å². The number of nitrogens with one attached hydrogen (secondary N) is 1. The normalized spacial score (nSPS) is 10.4. The number of hydrogen-bond donors (Lipinski definition) is 1. The van der Waals surface area contributed by atoms with E-state index in [0.29, 0.717) is 11.1 Å². The highest BCUT2D eigenvalue weighted by Gasteiger charge is 2.09. The second-order valence-corrected chi connectivity index (χ2v) is 4.09. The van der Waals surface area contributed by atoms with E-state index in [2.05, 4.69) is 25.7 Å². The average Bonchev–Trinajstić information content (AvgIpc) is 2.27. The van der Waals surface area contributed by atoms with Crippen molar-refractivity contribution >= 4 is 32.8 Å². The summed E-state index contributed by atoms with van der Waals surface area (Å²) in [7, 11) is 1.31. The molecule has 0 saturated carbocycles. The lowest BCUT2D eigenvalue weighted by Gasteiger charge is -2.04. The summed E-state index contributed by atoms with van der Waals surface area (Å²) in [6.45, 7) is 0. The van der Waals surface area contributed by atoms with Crippen molar-refractivity contribution in [3.05, 3.63) is 44.7 Å². The molecule has 5 heteroatoms. The fourth-order valence-electron chi connectivity index (χ4n) is 1.46. The van der Waals surface area contributed by atoms with Crippen molar-refractivity contribution in [3.8, 4) is 0 Å². The number of pyridine rings is 1. The first-order valence-electron chi connectivity index (χ1n) is 4.52. The molecule has 0 unspecified atom stereocenters. The summed E-state index contributed by atoms with van der Waals surface area (Å²) in [6.07, 6.45) is 0. The van der Waals surface area contributed by atoms with Gasteiger partial charge < -0.3 is 9.72 Å². The number of esters is 1. The molecular formula is C11H8BrNO3. The van der Waals surface area contributed by atoms with Gasteiger partial charge in [-0.1, -0.05) is 15.9 Å². The van der Waals surface area contributed by atoms with Crippen LogP contribution in [0.2, 0.25) is 0 Å². The van der Waals surface area contributed by atoms with Crippen LogP contribution in [0.1, 0.15) is 10.4 Å². The van der Waals surface area contributed by atoms with Crippen LogP contribution < -0.4 is 5.56 Å². The highest BCUT2D eigenvalue weighted by Crippen LogP contribution is 2.23. The molecule has 1 N–H and O–H groups in total. The van der Waals surface area contributed by atoms with Gasteiger partial charge in [0.05, 0.1) is 18.2 Å². The van der Waals surface area contributed by atoms with Crippen LogP contribution in [-0.4, -0.2) is 18.1 Å². The maximum absolute atomic E-state index is 11.4. The number of fused-ring (bicyclic) bond motifs is 1. The van der Waals surface area contributed by atoms with Crippen LogP contribution in [0.5, 0.6) is 0 Å². The Morgan fingerprint density at radius 3 is 2.81 bits per heavy atom. The van der Waals surface area contributed by atoms with Gasteiger partial charge in [-0.3, -0.25) is 4.79 Å². The summed E-state index contributed by atoms with van der Waals surface area (Å²) in [4.78, 5) is 25.2. The predicted octanol–water partition coefficient (Wildman–Crippen LogP) is 2.08. The Balaban J connectivity index is 2.74. The van der Waals surface area contributed by atoms with E-state index < -0.39 is 5.97 Å². The highest BCUT2D eigenvalue weighted by molar-refractivity contribution is 9.10. The maximum Gasteiger partial charge on any atom is 0.337 e. The smallest absolute Gasteiger partial charge is 0.337 e. The summed E-state index contributed by atoms with van der Waals surface area (Å²) in [5.41, 5.74) is 0.785. The molecule has 0 radical (unpaired) electrons. The first-order valence-corrected chi connectivity index (χ1v) is 5.32. The van der Waals surface area contributed by atoms with E-state index in [0.717, 1.165) is 9.86 Å². The molecule has 0 spiro atoms. The zero-order valence-electron chi connectivity index (χ0n) is 8.41. The first-order chi connectivity index (χ1) is 7.61. The van der Waals surface area contributed by atoms with Gasteiger partial charge in [-0.25, -0.2) is 4.79 Å². The van der Waals surface area contributed by atoms with Crippen molar-refractivity contribution in [1.29, 1.82) is 0 Å². The number of methoxy groups -OCH3 is 1. The van der Waals surface area contributed by atoms with Crippen molar-refractivity contribution in [3.63, 3.8) is 0 Å². The number of benzene rings is 1. The van der Waals surface area contributed by atoms with Crippen LogP contribution in [-0.2, 0) is 4.74 Å². The number of aromatic amines is 1. The Morgan fingerprint density at radius 2 is 2.12 bits per heavy atom. The molecule has 2 rings (SSSR count). The summed E-state index contributed by atoms with van der Waals surface area (Å²) in [6, 6.07) is 6.38. The molecule has 0 amide bonds. The van der Waals surface area contributed by atoms with Crippen molar-refractivity contribution in [2.45, 2.75) is 0 Å². The van der Waals surface area contributed by atoms with Crippen LogP contribution in [0.15, 0.2) is 33.5 Å². The molecule has 4 nitrogen and oxygen atoms in total. The van der Waals surface area contributed by atoms with E-state index in [4.69, 9.17) is 0 Å². The monoisotopic (exact) mass is 281 g/mol. The van der Waals surface area contributed by atoms with E-state index in [1.165, 1.54) is 13.2 Å². The van der Waals surface area contributed by atoms with Gasteiger partial charge in [-0.05, 0) is 18.2 Å². The molecule has 0 bridgehead atoms. The lowest BCUT2D eigenvalue weighted by molar-refractivity contribution is 0.0601. The summed E-state index contributed by atoms with van der Waals surface area (Å²) >= 11 is 3.34. The fourth-order valence-corrected chi connectivity index (χ4v) is 2.05. The quantitative estimate of drug-likeness (QED) is 0.815. The Hall–Kier alpha value is -1.62. The third kappa shape index (κ3) is 1.86. The van der Waals surface area contributed by atoms with E-state index in [-0.39, 0.29) is 5.56 Å². The van der Waals surface area contributed by atoms with Crippen LogP contribution in [0.25, 0.3) is 10.9 Å². The van der Waals surface area contributed by atoms with Gasteiger partial charge in [0, 0.05) is 15.9 Å². The van der Waals surface area contributed by atoms with Gasteiger partial charge in [0.1, 0.15) is 0 Å². The van der Waals surface area contributed by atoms with Crippen molar-refractivity contribution < 1.29 is 9.53 Å². The van der Waals surface area contributed by atoms with Crippen LogP contribution in [0, 0.1) is 0 Å². The SMILES string of the molecule is COC(=O)c1cc(Br)c2ccc(=O)[nH]c2c1. The Labute approximate surface area is 99.4 Å². The topological polar surface area (TPSA) is 59.2 Å². The van der Waals surface area contributed by atoms with E-state index >= 15 is 0 Å². The number of ether oxygens (including phenoxy) is 1. The number of halogens is 1. The van der Waals surface area contributed by atoms with Crippen LogP contribution in [0.3, 0.4) is 0 Å². The molecule has 0 atom stereocenters. The van der Waals surface area contributed by atoms with Gasteiger partial charge >= 0.3 is 5.97 Å². The lowest BCUT2D eigenvalue weighted by atomic mass is 10.1. The van der Waals surface area contributed by atoms with Gasteiger partial charge in [-0.2, -0.15) is 0 Å². The molecule has 0 fully saturated rings.